The van der Waals surface area contributed by atoms with Gasteiger partial charge in [0.1, 0.15) is 18.0 Å². The van der Waals surface area contributed by atoms with Gasteiger partial charge in [-0.05, 0) is 31.7 Å². The lowest BCUT2D eigenvalue weighted by molar-refractivity contribution is 0.479. The van der Waals surface area contributed by atoms with Crippen molar-refractivity contribution in [2.75, 3.05) is 30.3 Å². The zero-order valence-corrected chi connectivity index (χ0v) is 11.9. The van der Waals surface area contributed by atoms with E-state index < -0.39 is 0 Å². The van der Waals surface area contributed by atoms with E-state index in [1.54, 1.807) is 6.33 Å². The maximum atomic E-state index is 4.29. The molecule has 5 heteroatoms. The number of nitrogens with one attached hydrogen (secondary N) is 3. The van der Waals surface area contributed by atoms with Gasteiger partial charge in [0, 0.05) is 25.2 Å². The lowest BCUT2D eigenvalue weighted by Crippen LogP contribution is -2.38. The van der Waals surface area contributed by atoms with Crippen LogP contribution >= 0.6 is 0 Å². The van der Waals surface area contributed by atoms with Crippen molar-refractivity contribution in [3.63, 3.8) is 0 Å². The molecule has 1 aliphatic heterocycles. The molecular formula is C14H25N5. The summed E-state index contributed by atoms with van der Waals surface area (Å²) in [4.78, 5) is 8.54. The molecule has 0 spiro atoms. The lowest BCUT2D eigenvalue weighted by atomic mass is 10.1. The molecule has 0 amide bonds. The summed E-state index contributed by atoms with van der Waals surface area (Å²) in [5, 5.41) is 10.2. The van der Waals surface area contributed by atoms with Crippen LogP contribution in [-0.2, 0) is 0 Å². The quantitative estimate of drug-likeness (QED) is 0.733. The average Bonchev–Trinajstić information content (AvgIpc) is 2.40. The maximum absolute atomic E-state index is 4.29. The molecule has 1 aromatic rings. The minimum atomic E-state index is 0.479. The molecule has 2 rings (SSSR count). The highest BCUT2D eigenvalue weighted by molar-refractivity contribution is 5.47. The number of anilines is 2. The van der Waals surface area contributed by atoms with E-state index in [9.17, 15) is 0 Å². The van der Waals surface area contributed by atoms with E-state index in [1.807, 2.05) is 6.07 Å². The van der Waals surface area contributed by atoms with Gasteiger partial charge >= 0.3 is 0 Å². The van der Waals surface area contributed by atoms with Crippen molar-refractivity contribution in [1.29, 1.82) is 0 Å². The summed E-state index contributed by atoms with van der Waals surface area (Å²) < 4.78 is 0. The fourth-order valence-electron chi connectivity index (χ4n) is 2.21. The monoisotopic (exact) mass is 263 g/mol. The second-order valence-electron chi connectivity index (χ2n) is 5.59. The van der Waals surface area contributed by atoms with Crippen molar-refractivity contribution in [1.82, 2.24) is 15.3 Å². The van der Waals surface area contributed by atoms with Gasteiger partial charge < -0.3 is 16.0 Å². The van der Waals surface area contributed by atoms with Crippen molar-refractivity contribution in [3.8, 4) is 0 Å². The van der Waals surface area contributed by atoms with Gasteiger partial charge in [-0.15, -0.1) is 0 Å². The highest BCUT2D eigenvalue weighted by atomic mass is 15.1. The van der Waals surface area contributed by atoms with Gasteiger partial charge in [0.15, 0.2) is 0 Å². The van der Waals surface area contributed by atoms with Gasteiger partial charge in [0.2, 0.25) is 0 Å². The van der Waals surface area contributed by atoms with Crippen molar-refractivity contribution in [2.45, 2.75) is 39.2 Å². The van der Waals surface area contributed by atoms with Crippen LogP contribution in [0.1, 0.15) is 33.1 Å². The number of nitrogens with zero attached hydrogens (tertiary/aromatic N) is 2. The molecule has 1 aliphatic rings. The fraction of sp³-hybridized carbons (Fsp3) is 0.714. The predicted molar refractivity (Wildman–Crippen MR) is 79.5 cm³/mol. The van der Waals surface area contributed by atoms with E-state index in [-0.39, 0.29) is 0 Å². The second kappa shape index (κ2) is 7.28. The van der Waals surface area contributed by atoms with E-state index in [2.05, 4.69) is 39.8 Å². The third-order valence-electron chi connectivity index (χ3n) is 3.34. The third-order valence-corrected chi connectivity index (χ3v) is 3.34. The van der Waals surface area contributed by atoms with Crippen LogP contribution in [0.2, 0.25) is 0 Å². The zero-order valence-electron chi connectivity index (χ0n) is 11.9. The second-order valence-corrected chi connectivity index (χ2v) is 5.59. The van der Waals surface area contributed by atoms with E-state index in [0.29, 0.717) is 12.0 Å². The minimum Gasteiger partial charge on any atom is -0.370 e. The molecule has 3 N–H and O–H groups in total. The topological polar surface area (TPSA) is 61.9 Å². The Hall–Kier alpha value is -1.36. The van der Waals surface area contributed by atoms with Crippen LogP contribution in [0.3, 0.4) is 0 Å². The Balaban J connectivity index is 1.83. The normalized spacial score (nSPS) is 19.4. The summed E-state index contributed by atoms with van der Waals surface area (Å²) in [6.45, 7) is 7.55. The summed E-state index contributed by atoms with van der Waals surface area (Å²) in [5.74, 6) is 2.53. The SMILES string of the molecule is CC(C)CCNc1cc(NC2CCCNC2)ncn1. The Morgan fingerprint density at radius 1 is 1.37 bits per heavy atom. The molecule has 106 valence electrons. The molecular weight excluding hydrogens is 238 g/mol. The molecule has 2 heterocycles. The summed E-state index contributed by atoms with van der Waals surface area (Å²) >= 11 is 0. The molecule has 1 aromatic heterocycles. The van der Waals surface area contributed by atoms with E-state index >= 15 is 0 Å². The third kappa shape index (κ3) is 5.03. The molecule has 19 heavy (non-hydrogen) atoms. The molecule has 0 saturated carbocycles. The van der Waals surface area contributed by atoms with E-state index in [1.165, 1.54) is 12.8 Å². The zero-order chi connectivity index (χ0) is 13.5. The van der Waals surface area contributed by atoms with Gasteiger partial charge in [-0.25, -0.2) is 9.97 Å². The number of rotatable bonds is 6. The fourth-order valence-corrected chi connectivity index (χ4v) is 2.21. The Kier molecular flexibility index (Phi) is 5.39. The van der Waals surface area contributed by atoms with Crippen LogP contribution in [0.5, 0.6) is 0 Å². The summed E-state index contributed by atoms with van der Waals surface area (Å²) in [5.41, 5.74) is 0. The first-order valence-corrected chi connectivity index (χ1v) is 7.27. The molecule has 0 radical (unpaired) electrons. The number of hydrogen-bond donors (Lipinski definition) is 3. The summed E-state index contributed by atoms with van der Waals surface area (Å²) in [6, 6.07) is 2.47. The minimum absolute atomic E-state index is 0.479. The molecule has 1 unspecified atom stereocenters. The Morgan fingerprint density at radius 2 is 2.21 bits per heavy atom. The average molecular weight is 263 g/mol. The number of aromatic nitrogens is 2. The Labute approximate surface area is 115 Å². The Bertz CT molecular complexity index is 374. The first kappa shape index (κ1) is 14.1. The van der Waals surface area contributed by atoms with Crippen LogP contribution in [0.4, 0.5) is 11.6 Å². The van der Waals surface area contributed by atoms with Crippen LogP contribution in [0.25, 0.3) is 0 Å². The largest absolute Gasteiger partial charge is 0.370 e. The molecule has 0 aliphatic carbocycles. The van der Waals surface area contributed by atoms with Gasteiger partial charge in [0.25, 0.3) is 0 Å². The van der Waals surface area contributed by atoms with E-state index in [4.69, 9.17) is 0 Å². The smallest absolute Gasteiger partial charge is 0.131 e. The summed E-state index contributed by atoms with van der Waals surface area (Å²) in [7, 11) is 0. The first-order chi connectivity index (χ1) is 9.24. The molecule has 0 bridgehead atoms. The number of piperidine rings is 1. The van der Waals surface area contributed by atoms with Gasteiger partial charge in [-0.1, -0.05) is 13.8 Å². The van der Waals surface area contributed by atoms with Crippen LogP contribution in [0.15, 0.2) is 12.4 Å². The van der Waals surface area contributed by atoms with Crippen molar-refractivity contribution < 1.29 is 0 Å². The molecule has 5 nitrogen and oxygen atoms in total. The molecule has 1 fully saturated rings. The van der Waals surface area contributed by atoms with Crippen LogP contribution < -0.4 is 16.0 Å². The Morgan fingerprint density at radius 3 is 2.95 bits per heavy atom. The molecule has 1 saturated heterocycles. The van der Waals surface area contributed by atoms with Crippen molar-refractivity contribution in [2.24, 2.45) is 5.92 Å². The van der Waals surface area contributed by atoms with Crippen LogP contribution in [-0.4, -0.2) is 35.6 Å². The predicted octanol–water partition coefficient (Wildman–Crippen LogP) is 2.10. The van der Waals surface area contributed by atoms with Crippen molar-refractivity contribution in [3.05, 3.63) is 12.4 Å². The van der Waals surface area contributed by atoms with E-state index in [0.717, 1.165) is 37.7 Å². The van der Waals surface area contributed by atoms with Crippen LogP contribution in [0, 0.1) is 5.92 Å². The van der Waals surface area contributed by atoms with Gasteiger partial charge in [-0.2, -0.15) is 0 Å². The molecule has 0 aromatic carbocycles. The standard InChI is InChI=1S/C14H25N5/c1-11(2)5-7-16-13-8-14(18-10-17-13)19-12-4-3-6-15-9-12/h8,10-12,15H,3-7,9H2,1-2H3,(H2,16,17,18,19). The highest BCUT2D eigenvalue weighted by Crippen LogP contribution is 2.13. The maximum Gasteiger partial charge on any atom is 0.131 e. The lowest BCUT2D eigenvalue weighted by Gasteiger charge is -2.24. The number of hydrogen-bond acceptors (Lipinski definition) is 5. The van der Waals surface area contributed by atoms with Gasteiger partial charge in [-0.3, -0.25) is 0 Å². The van der Waals surface area contributed by atoms with Gasteiger partial charge in [0.05, 0.1) is 0 Å². The first-order valence-electron chi connectivity index (χ1n) is 7.27. The summed E-state index contributed by atoms with van der Waals surface area (Å²) in [6.07, 6.45) is 5.20. The highest BCUT2D eigenvalue weighted by Gasteiger charge is 2.13. The van der Waals surface area contributed by atoms with Crippen molar-refractivity contribution >= 4 is 11.6 Å². The molecule has 1 atom stereocenters.